The van der Waals surface area contributed by atoms with Gasteiger partial charge in [0.1, 0.15) is 0 Å². The third kappa shape index (κ3) is 5.93. The molecule has 10 aromatic rings. The second-order valence-corrected chi connectivity index (χ2v) is 28.5. The van der Waals surface area contributed by atoms with E-state index in [0.29, 0.717) is 35.8 Å². The monoisotopic (exact) mass is 930 g/mol. The van der Waals surface area contributed by atoms with Crippen LogP contribution in [0.3, 0.4) is 0 Å². The van der Waals surface area contributed by atoms with Crippen LogP contribution in [0.5, 0.6) is 0 Å². The van der Waals surface area contributed by atoms with E-state index >= 15 is 17.6 Å². The van der Waals surface area contributed by atoms with Crippen LogP contribution in [-0.4, -0.2) is 0 Å². The van der Waals surface area contributed by atoms with Crippen LogP contribution in [0.25, 0.3) is 87.6 Å². The summed E-state index contributed by atoms with van der Waals surface area (Å²) >= 11 is 4.76. The van der Waals surface area contributed by atoms with Gasteiger partial charge in [0, 0.05) is 0 Å². The number of benzene rings is 10. The molecule has 2 aliphatic rings. The molecule has 12 rings (SSSR count). The van der Waals surface area contributed by atoms with Crippen LogP contribution in [0.1, 0.15) is 22.3 Å². The van der Waals surface area contributed by atoms with E-state index in [2.05, 4.69) is 60.7 Å². The van der Waals surface area contributed by atoms with Crippen LogP contribution in [0.15, 0.2) is 158 Å². The van der Waals surface area contributed by atoms with Crippen LogP contribution < -0.4 is 0 Å². The molecule has 0 saturated heterocycles. The van der Waals surface area contributed by atoms with E-state index in [0.717, 1.165) is 112 Å². The Morgan fingerprint density at radius 3 is 1.05 bits per heavy atom. The molecule has 8 heteroatoms. The number of hydrogen-bond acceptors (Lipinski definition) is 0. The molecule has 1 spiro atoms. The molecule has 0 unspecified atom stereocenters. The zero-order chi connectivity index (χ0) is 43.7. The molecule has 2 aliphatic heterocycles. The van der Waals surface area contributed by atoms with E-state index < -0.39 is 40.2 Å². The zero-order valence-electron chi connectivity index (χ0n) is 33.9. The first kappa shape index (κ1) is 39.3. The maximum absolute atomic E-state index is 15.5. The van der Waals surface area contributed by atoms with Crippen LogP contribution in [0, 0.1) is 34.9 Å². The molecular weight excluding hydrogens is 897 g/mol. The minimum absolute atomic E-state index is 0.190. The van der Waals surface area contributed by atoms with Crippen molar-refractivity contribution in [1.29, 1.82) is 0 Å². The average molecular weight is 932 g/mol. The molecule has 2 heterocycles. The molecule has 0 saturated carbocycles. The summed E-state index contributed by atoms with van der Waals surface area (Å²) in [6.45, 7) is 0. The fraction of sp³-hybridized carbons (Fsp3) is 0.0714. The van der Waals surface area contributed by atoms with Gasteiger partial charge < -0.3 is 0 Å². The van der Waals surface area contributed by atoms with Crippen molar-refractivity contribution in [3.8, 4) is 44.5 Å². The topological polar surface area (TPSA) is 0 Å². The van der Waals surface area contributed by atoms with Gasteiger partial charge in [-0.05, 0) is 0 Å². The number of hydrogen-bond donors (Lipinski definition) is 0. The Balaban J connectivity index is 1.28. The van der Waals surface area contributed by atoms with Gasteiger partial charge in [0.2, 0.25) is 0 Å². The van der Waals surface area contributed by atoms with Crippen molar-refractivity contribution in [2.75, 3.05) is 0 Å². The van der Waals surface area contributed by atoms with E-state index in [1.165, 1.54) is 0 Å². The maximum atomic E-state index is 15.5. The molecule has 0 atom stereocenters. The van der Waals surface area contributed by atoms with E-state index in [4.69, 9.17) is 15.5 Å². The molecule has 312 valence electrons. The summed E-state index contributed by atoms with van der Waals surface area (Å²) in [6, 6.07) is 49.3. The molecule has 64 heavy (non-hydrogen) atoms. The van der Waals surface area contributed by atoms with Gasteiger partial charge in [-0.25, -0.2) is 0 Å². The fourth-order valence-corrected chi connectivity index (χ4v) is 19.3. The average Bonchev–Trinajstić information content (AvgIpc) is 3.50. The first-order valence-corrected chi connectivity index (χ1v) is 26.1. The number of halogens is 7. The summed E-state index contributed by atoms with van der Waals surface area (Å²) in [4.78, 5) is 0. The molecule has 0 fully saturated rings. The summed E-state index contributed by atoms with van der Waals surface area (Å²) in [6.07, 6.45) is 2.00. The Kier molecular flexibility index (Phi) is 8.67. The van der Waals surface area contributed by atoms with Crippen LogP contribution in [0.2, 0.25) is 0 Å². The second-order valence-electron chi connectivity index (χ2n) is 17.6. The number of fused-ring (bicyclic) bond motifs is 14. The molecule has 0 N–H and O–H groups in total. The summed E-state index contributed by atoms with van der Waals surface area (Å²) < 4.78 is 91.6. The van der Waals surface area contributed by atoms with Crippen molar-refractivity contribution in [2.45, 2.75) is 24.6 Å². The van der Waals surface area contributed by atoms with Crippen LogP contribution in [-0.2, 0) is 24.6 Å². The Labute approximate surface area is 372 Å². The summed E-state index contributed by atoms with van der Waals surface area (Å²) in [7, 11) is 0. The van der Waals surface area contributed by atoms with Crippen LogP contribution >= 0.6 is 20.8 Å². The van der Waals surface area contributed by atoms with Crippen molar-refractivity contribution >= 4 is 63.9 Å². The van der Waals surface area contributed by atoms with Gasteiger partial charge >= 0.3 is 374 Å². The van der Waals surface area contributed by atoms with Crippen molar-refractivity contribution in [3.63, 3.8) is 0 Å². The first-order chi connectivity index (χ1) is 30.9. The first-order valence-electron chi connectivity index (χ1n) is 21.1. The SMILES string of the molecule is Fc1cc(-c2cc3ccccc3c3c2CP2(Br)(Cc4ccc5ccccc5c4-c4c(ccc5ccccc45)C2)Cc2c(-c4cc(F)c(F)c(F)c4)cc4ccccc4c2-3)cc(F)c1F. The van der Waals surface area contributed by atoms with Gasteiger partial charge in [-0.15, -0.1) is 0 Å². The summed E-state index contributed by atoms with van der Waals surface area (Å²) in [5, 5.41) is 4.05. The Bertz CT molecular complexity index is 3400. The van der Waals surface area contributed by atoms with E-state index in [1.54, 1.807) is 0 Å². The van der Waals surface area contributed by atoms with Gasteiger partial charge in [-0.3, -0.25) is 0 Å². The van der Waals surface area contributed by atoms with E-state index in [1.807, 2.05) is 72.8 Å². The molecule has 0 amide bonds. The van der Waals surface area contributed by atoms with Crippen molar-refractivity contribution < 1.29 is 26.3 Å². The third-order valence-corrected chi connectivity index (χ3v) is 21.2. The van der Waals surface area contributed by atoms with Gasteiger partial charge in [0.05, 0.1) is 0 Å². The molecular formula is C56H34BrF6P. The molecule has 10 aromatic carbocycles. The summed E-state index contributed by atoms with van der Waals surface area (Å²) in [5.74, 6) is -8.28. The van der Waals surface area contributed by atoms with Gasteiger partial charge in [-0.1, -0.05) is 0 Å². The third-order valence-electron chi connectivity index (χ3n) is 13.7. The molecule has 0 radical (unpaired) electrons. The van der Waals surface area contributed by atoms with E-state index in [9.17, 15) is 8.78 Å². The second kappa shape index (κ2) is 14.1. The van der Waals surface area contributed by atoms with Crippen LogP contribution in [0.4, 0.5) is 26.3 Å². The standard InChI is InChI=1S/C56H34BrF6P/c57-64(27-35-19-17-31-9-1-5-13-39(31)51(35)52-36(28-64)20-18-32-10-2-6-14-40(32)52)29-45-43(37-23-47(58)55(62)48(59)24-37)21-33-11-3-7-15-41(33)53(45)54-42-16-8-4-12-34(42)22-44(46(54)30-64)38-25-49(60)56(63)50(61)26-38/h1-26H,27-30H2. The Hall–Kier alpha value is -6.27. The normalized spacial score (nSPS) is 15.5. The van der Waals surface area contributed by atoms with Gasteiger partial charge in [0.15, 0.2) is 0 Å². The van der Waals surface area contributed by atoms with Gasteiger partial charge in [0.25, 0.3) is 0 Å². The van der Waals surface area contributed by atoms with Gasteiger partial charge in [-0.2, -0.15) is 0 Å². The minimum atomic E-state index is -3.68. The molecule has 0 aromatic heterocycles. The van der Waals surface area contributed by atoms with Crippen molar-refractivity contribution in [2.24, 2.45) is 0 Å². The van der Waals surface area contributed by atoms with E-state index in [-0.39, 0.29) is 11.1 Å². The van der Waals surface area contributed by atoms with Crippen molar-refractivity contribution in [3.05, 3.63) is 215 Å². The predicted molar refractivity (Wildman–Crippen MR) is 255 cm³/mol. The Morgan fingerprint density at radius 1 is 0.344 bits per heavy atom. The fourth-order valence-electron chi connectivity index (χ4n) is 11.1. The molecule has 0 nitrogen and oxygen atoms in total. The zero-order valence-corrected chi connectivity index (χ0v) is 36.4. The van der Waals surface area contributed by atoms with Crippen molar-refractivity contribution in [1.82, 2.24) is 0 Å². The predicted octanol–water partition coefficient (Wildman–Crippen LogP) is 17.4. The quantitative estimate of drug-likeness (QED) is 0.0920. The molecule has 0 bridgehead atoms. The Morgan fingerprint density at radius 2 is 0.672 bits per heavy atom. The number of rotatable bonds is 2. The summed E-state index contributed by atoms with van der Waals surface area (Å²) in [5.41, 5.74) is 9.28. The molecule has 0 aliphatic carbocycles.